The fourth-order valence-electron chi connectivity index (χ4n) is 1.08. The Morgan fingerprint density at radius 2 is 2.06 bits per heavy atom. The van der Waals surface area contributed by atoms with Crippen molar-refractivity contribution in [3.63, 3.8) is 0 Å². The third-order valence-electron chi connectivity index (χ3n) is 2.03. The normalized spacial score (nSPS) is 14.2. The molecule has 1 aromatic rings. The fourth-order valence-corrected chi connectivity index (χ4v) is 1.08. The van der Waals surface area contributed by atoms with Gasteiger partial charge >= 0.3 is 0 Å². The van der Waals surface area contributed by atoms with Gasteiger partial charge < -0.3 is 20.7 Å². The summed E-state index contributed by atoms with van der Waals surface area (Å²) >= 11 is 0. The highest BCUT2D eigenvalue weighted by Gasteiger charge is 2.11. The Bertz CT molecular complexity index is 371. The van der Waals surface area contributed by atoms with Gasteiger partial charge in [0, 0.05) is 18.0 Å². The molecular formula is C10H15N3O3. The predicted molar refractivity (Wildman–Crippen MR) is 58.4 cm³/mol. The Balaban J connectivity index is 2.76. The van der Waals surface area contributed by atoms with Gasteiger partial charge in [-0.3, -0.25) is 0 Å². The van der Waals surface area contributed by atoms with Gasteiger partial charge in [-0.25, -0.2) is 9.97 Å². The smallest absolute Gasteiger partial charge is 0.219 e. The molecule has 0 aromatic carbocycles. The lowest BCUT2D eigenvalue weighted by atomic mass is 10.2. The summed E-state index contributed by atoms with van der Waals surface area (Å²) in [5.74, 6) is 0.266. The summed E-state index contributed by atoms with van der Waals surface area (Å²) in [5, 5.41) is 18.1. The van der Waals surface area contributed by atoms with E-state index in [2.05, 4.69) is 9.97 Å². The molecule has 1 atom stereocenters. The molecule has 0 spiro atoms. The zero-order valence-corrected chi connectivity index (χ0v) is 9.21. The quantitative estimate of drug-likeness (QED) is 0.658. The topological polar surface area (TPSA) is 101 Å². The molecule has 88 valence electrons. The molecule has 6 heteroatoms. The molecule has 4 N–H and O–H groups in total. The molecular weight excluding hydrogens is 210 g/mol. The van der Waals surface area contributed by atoms with Crippen molar-refractivity contribution in [2.45, 2.75) is 20.0 Å². The number of nitrogens with zero attached hydrogens (tertiary/aromatic N) is 2. The van der Waals surface area contributed by atoms with Gasteiger partial charge in [-0.1, -0.05) is 0 Å². The largest absolute Gasteiger partial charge is 0.509 e. The number of aliphatic hydroxyl groups is 2. The molecule has 16 heavy (non-hydrogen) atoms. The number of nitrogen functional groups attached to an aromatic ring is 1. The number of anilines is 1. The molecule has 0 amide bonds. The Kier molecular flexibility index (Phi) is 4.07. The van der Waals surface area contributed by atoms with E-state index in [0.29, 0.717) is 5.56 Å². The minimum atomic E-state index is -0.371. The lowest BCUT2D eigenvalue weighted by Gasteiger charge is -2.16. The number of nitrogens with two attached hydrogens (primary N) is 1. The molecule has 0 aliphatic rings. The van der Waals surface area contributed by atoms with Crippen molar-refractivity contribution in [2.75, 3.05) is 12.3 Å². The van der Waals surface area contributed by atoms with Crippen molar-refractivity contribution in [3.05, 3.63) is 29.5 Å². The molecule has 1 heterocycles. The van der Waals surface area contributed by atoms with E-state index in [4.69, 9.17) is 15.6 Å². The molecule has 1 aromatic heterocycles. The highest BCUT2D eigenvalue weighted by Crippen LogP contribution is 2.19. The summed E-state index contributed by atoms with van der Waals surface area (Å²) < 4.78 is 5.35. The van der Waals surface area contributed by atoms with Crippen LogP contribution in [0, 0.1) is 0 Å². The highest BCUT2D eigenvalue weighted by atomic mass is 16.5. The summed E-state index contributed by atoms with van der Waals surface area (Å²) in [6.45, 7) is 2.84. The van der Waals surface area contributed by atoms with Crippen LogP contribution >= 0.6 is 0 Å². The second-order valence-corrected chi connectivity index (χ2v) is 3.30. The first-order valence-electron chi connectivity index (χ1n) is 4.78. The summed E-state index contributed by atoms with van der Waals surface area (Å²) in [4.78, 5) is 7.65. The molecule has 0 aliphatic heterocycles. The molecule has 0 radical (unpaired) electrons. The first-order chi connectivity index (χ1) is 7.54. The van der Waals surface area contributed by atoms with E-state index in [1.807, 2.05) is 0 Å². The molecule has 0 unspecified atom stereocenters. The first kappa shape index (κ1) is 12.3. The maximum atomic E-state index is 9.20. The Hall–Kier alpha value is -1.82. The van der Waals surface area contributed by atoms with E-state index in [0.717, 1.165) is 0 Å². The number of aromatic nitrogens is 2. The van der Waals surface area contributed by atoms with Crippen molar-refractivity contribution in [1.82, 2.24) is 9.97 Å². The van der Waals surface area contributed by atoms with Gasteiger partial charge in [0.15, 0.2) is 5.76 Å². The molecule has 1 rings (SSSR count). The van der Waals surface area contributed by atoms with E-state index in [9.17, 15) is 5.11 Å². The van der Waals surface area contributed by atoms with Crippen LogP contribution in [-0.4, -0.2) is 26.8 Å². The summed E-state index contributed by atoms with van der Waals surface area (Å²) in [6.07, 6.45) is 2.70. The van der Waals surface area contributed by atoms with Gasteiger partial charge in [-0.05, 0) is 13.8 Å². The zero-order valence-electron chi connectivity index (χ0n) is 9.21. The number of hydrogen-bond acceptors (Lipinski definition) is 6. The number of allylic oxidation sites excluding steroid dienone is 1. The van der Waals surface area contributed by atoms with Crippen LogP contribution in [0.15, 0.2) is 23.9 Å². The van der Waals surface area contributed by atoms with Crippen molar-refractivity contribution in [2.24, 2.45) is 0 Å². The van der Waals surface area contributed by atoms with E-state index in [1.54, 1.807) is 6.92 Å². The summed E-state index contributed by atoms with van der Waals surface area (Å²) in [7, 11) is 0. The van der Waals surface area contributed by atoms with Crippen LogP contribution < -0.4 is 5.73 Å². The van der Waals surface area contributed by atoms with E-state index in [-0.39, 0.29) is 30.2 Å². The maximum absolute atomic E-state index is 9.20. The Morgan fingerprint density at radius 1 is 1.50 bits per heavy atom. The monoisotopic (exact) mass is 225 g/mol. The minimum Gasteiger partial charge on any atom is -0.509 e. The summed E-state index contributed by atoms with van der Waals surface area (Å²) in [6, 6.07) is 0. The van der Waals surface area contributed by atoms with Crippen LogP contribution in [0.2, 0.25) is 0 Å². The lowest BCUT2D eigenvalue weighted by molar-refractivity contribution is 0.0880. The number of rotatable bonds is 4. The minimum absolute atomic E-state index is 0.0503. The molecule has 0 fully saturated rings. The van der Waals surface area contributed by atoms with Crippen LogP contribution in [0.5, 0.6) is 0 Å². The van der Waals surface area contributed by atoms with Crippen LogP contribution in [-0.2, 0) is 4.74 Å². The maximum Gasteiger partial charge on any atom is 0.219 e. The average Bonchev–Trinajstić information content (AvgIpc) is 2.26. The Morgan fingerprint density at radius 3 is 2.50 bits per heavy atom. The predicted octanol–water partition coefficient (Wildman–Crippen LogP) is 0.918. The zero-order chi connectivity index (χ0) is 12.1. The molecule has 0 aliphatic carbocycles. The molecule has 0 bridgehead atoms. The second-order valence-electron chi connectivity index (χ2n) is 3.30. The van der Waals surface area contributed by atoms with Crippen molar-refractivity contribution < 1.29 is 14.9 Å². The summed E-state index contributed by atoms with van der Waals surface area (Å²) in [5.41, 5.74) is 6.06. The molecule has 0 saturated heterocycles. The number of aliphatic hydroxyl groups excluding tert-OH is 2. The van der Waals surface area contributed by atoms with Crippen molar-refractivity contribution in [3.8, 4) is 0 Å². The average molecular weight is 225 g/mol. The van der Waals surface area contributed by atoms with Gasteiger partial charge in [0.05, 0.1) is 0 Å². The third-order valence-corrected chi connectivity index (χ3v) is 2.03. The highest BCUT2D eigenvalue weighted by molar-refractivity contribution is 5.18. The van der Waals surface area contributed by atoms with Gasteiger partial charge in [-0.15, -0.1) is 0 Å². The van der Waals surface area contributed by atoms with Crippen LogP contribution in [0.25, 0.3) is 0 Å². The SMILES string of the molecule is C/C(O)=C(/CO)O[C@H](C)c1cnc(N)nc1. The second kappa shape index (κ2) is 5.32. The van der Waals surface area contributed by atoms with E-state index < -0.39 is 0 Å². The molecule has 0 saturated carbocycles. The van der Waals surface area contributed by atoms with Gasteiger partial charge in [0.2, 0.25) is 5.95 Å². The first-order valence-corrected chi connectivity index (χ1v) is 4.78. The van der Waals surface area contributed by atoms with Crippen molar-refractivity contribution in [1.29, 1.82) is 0 Å². The fraction of sp³-hybridized carbons (Fsp3) is 0.400. The van der Waals surface area contributed by atoms with Gasteiger partial charge in [0.1, 0.15) is 18.5 Å². The number of ether oxygens (including phenoxy) is 1. The van der Waals surface area contributed by atoms with Crippen molar-refractivity contribution >= 4 is 5.95 Å². The standard InChI is InChI=1S/C10H15N3O3/c1-6(15)9(5-14)16-7(2)8-3-12-10(11)13-4-8/h3-4,7,14-15H,5H2,1-2H3,(H2,11,12,13)/b9-6+/t7-/m1/s1. The van der Waals surface area contributed by atoms with Gasteiger partial charge in [0.25, 0.3) is 0 Å². The van der Waals surface area contributed by atoms with E-state index in [1.165, 1.54) is 19.3 Å². The van der Waals surface area contributed by atoms with Crippen LogP contribution in [0.3, 0.4) is 0 Å². The van der Waals surface area contributed by atoms with Gasteiger partial charge in [-0.2, -0.15) is 0 Å². The van der Waals surface area contributed by atoms with E-state index >= 15 is 0 Å². The number of hydrogen-bond donors (Lipinski definition) is 3. The third kappa shape index (κ3) is 3.09. The lowest BCUT2D eigenvalue weighted by Crippen LogP contribution is -2.07. The van der Waals surface area contributed by atoms with Crippen LogP contribution in [0.1, 0.15) is 25.5 Å². The molecule has 6 nitrogen and oxygen atoms in total. The Labute approximate surface area is 93.4 Å². The van der Waals surface area contributed by atoms with Crippen LogP contribution in [0.4, 0.5) is 5.95 Å².